The maximum Gasteiger partial charge on any atom is 0.0858 e. The highest BCUT2D eigenvalue weighted by Gasteiger charge is 2.26. The number of rotatable bonds is 10. The summed E-state index contributed by atoms with van der Waals surface area (Å²) in [5.74, 6) is 4.28. The first-order valence-electron chi connectivity index (χ1n) is 27.8. The molecule has 0 unspecified atom stereocenters. The quantitative estimate of drug-likeness (QED) is 0.135. The average molecular weight is 1030 g/mol. The molecule has 3 aliphatic rings. The summed E-state index contributed by atoms with van der Waals surface area (Å²) in [6, 6.07) is 24.0. The number of hydrogen-bond acceptors (Lipinski definition) is 8. The van der Waals surface area contributed by atoms with E-state index in [1.165, 1.54) is 58.3 Å². The van der Waals surface area contributed by atoms with Gasteiger partial charge < -0.3 is 0 Å². The molecule has 1 aromatic carbocycles. The van der Waals surface area contributed by atoms with Gasteiger partial charge in [0, 0.05) is 121 Å². The molecule has 6 aromatic rings. The standard InChI is InChI=1S/C9H16N2.C9H12.C8H13N3.2C8H13N.C8H11N.C7H12N2.C6H10N2/c1-7(2)9-5-6-10-11(9)8(3)4;1-8(2)9-6-4-3-5-7-9;1-6(2)11-5-8(9-10-11)7-3-4-7;2*1-6(2)8-5-4-7(3)9-8;1-7(2)8-5-3-4-6-9-8;1-6(2)7-4-5-8-9(7)3;1-6(2)8-5-3-4-7-8/h5-8H,1-4H3;3-8H,1-2H3;5-7H,3-4H2,1-2H3;2*5-6H,4H2,1-3H3;3-7H,1-2H3;4-6H,1-3H3;3-6H,1-2H3. The van der Waals surface area contributed by atoms with Crippen molar-refractivity contribution in [3.05, 3.63) is 156 Å². The Hall–Kier alpha value is -6.04. The monoisotopic (exact) mass is 1020 g/mol. The SMILES string of the molecule is CC(C)c1ccccc1.CC(C)c1ccccn1.CC(C)c1ccnn1C.CC(C)c1ccnn1C(C)C.CC(C)n1cc(C2CC2)nn1.CC(C)n1cccn1.CC1=NC(C(C)C)=CC1.CC1=NC(C(C)C)=CC1. The van der Waals surface area contributed by atoms with E-state index in [-0.39, 0.29) is 0 Å². The molecule has 75 heavy (non-hydrogen) atoms. The predicted octanol–water partition coefficient (Wildman–Crippen LogP) is 17.1. The van der Waals surface area contributed by atoms with Crippen LogP contribution in [0.5, 0.6) is 0 Å². The Kier molecular flexibility index (Phi) is 29.9. The lowest BCUT2D eigenvalue weighted by molar-refractivity contribution is 0.498. The third-order valence-corrected chi connectivity index (χ3v) is 12.1. The van der Waals surface area contributed by atoms with Crippen LogP contribution in [0.2, 0.25) is 0 Å². The minimum absolute atomic E-state index is 0.440. The highest BCUT2D eigenvalue weighted by molar-refractivity contribution is 5.86. The van der Waals surface area contributed by atoms with Gasteiger partial charge in [-0.05, 0) is 140 Å². The average Bonchev–Trinajstić information content (AvgIpc) is 4.13. The molecule has 12 nitrogen and oxygen atoms in total. The van der Waals surface area contributed by atoms with Crippen LogP contribution in [0.3, 0.4) is 0 Å². The number of aromatic nitrogens is 10. The maximum absolute atomic E-state index is 4.37. The Balaban J connectivity index is 0.000000294. The smallest absolute Gasteiger partial charge is 0.0858 e. The Morgan fingerprint density at radius 3 is 1.29 bits per heavy atom. The zero-order valence-electron chi connectivity index (χ0n) is 50.4. The zero-order chi connectivity index (χ0) is 56.2. The summed E-state index contributed by atoms with van der Waals surface area (Å²) in [4.78, 5) is 12.9. The number of allylic oxidation sites excluding steroid dienone is 4. The minimum atomic E-state index is 0.440. The van der Waals surface area contributed by atoms with Gasteiger partial charge in [0.2, 0.25) is 0 Å². The van der Waals surface area contributed by atoms with Crippen LogP contribution >= 0.6 is 0 Å². The van der Waals surface area contributed by atoms with Crippen molar-refractivity contribution < 1.29 is 0 Å². The van der Waals surface area contributed by atoms with Gasteiger partial charge in [-0.15, -0.1) is 5.10 Å². The topological polar surface area (TPSA) is 122 Å². The largest absolute Gasteiger partial charge is 0.272 e. The van der Waals surface area contributed by atoms with Crippen LogP contribution in [-0.4, -0.2) is 60.7 Å². The lowest BCUT2D eigenvalue weighted by Gasteiger charge is -2.12. The summed E-state index contributed by atoms with van der Waals surface area (Å²) in [6.07, 6.45) is 20.5. The zero-order valence-corrected chi connectivity index (χ0v) is 50.4. The van der Waals surface area contributed by atoms with E-state index < -0.39 is 0 Å². The van der Waals surface area contributed by atoms with Gasteiger partial charge >= 0.3 is 0 Å². The van der Waals surface area contributed by atoms with Crippen molar-refractivity contribution in [2.24, 2.45) is 28.9 Å². The lowest BCUT2D eigenvalue weighted by atomic mass is 10.0. The Bertz CT molecular complexity index is 2400. The first-order valence-corrected chi connectivity index (χ1v) is 27.8. The van der Waals surface area contributed by atoms with Gasteiger partial charge in [0.1, 0.15) is 0 Å². The van der Waals surface area contributed by atoms with Gasteiger partial charge in [-0.2, -0.15) is 15.3 Å². The second-order valence-electron chi connectivity index (χ2n) is 22.2. The normalized spacial score (nSPS) is 13.5. The Morgan fingerprint density at radius 2 is 1.01 bits per heavy atom. The summed E-state index contributed by atoms with van der Waals surface area (Å²) in [5.41, 5.74) is 11.4. The highest BCUT2D eigenvalue weighted by Crippen LogP contribution is 2.38. The van der Waals surface area contributed by atoms with E-state index >= 15 is 0 Å². The van der Waals surface area contributed by atoms with Gasteiger partial charge in [0.05, 0.1) is 5.69 Å². The molecule has 0 radical (unpaired) electrons. The summed E-state index contributed by atoms with van der Waals surface area (Å²) in [5, 5.41) is 20.5. The molecule has 0 saturated heterocycles. The van der Waals surface area contributed by atoms with Gasteiger partial charge in [0.25, 0.3) is 0 Å². The third kappa shape index (κ3) is 25.8. The van der Waals surface area contributed by atoms with E-state index in [1.54, 1.807) is 6.20 Å². The first kappa shape index (κ1) is 65.1. The molecule has 9 rings (SSSR count). The molecular weight excluding hydrogens is 925 g/mol. The molecule has 1 saturated carbocycles. The molecule has 2 aliphatic heterocycles. The molecular formula is C63H100N12. The van der Waals surface area contributed by atoms with E-state index in [9.17, 15) is 0 Å². The van der Waals surface area contributed by atoms with E-state index in [0.29, 0.717) is 53.6 Å². The van der Waals surface area contributed by atoms with Crippen LogP contribution in [-0.2, 0) is 7.05 Å². The van der Waals surface area contributed by atoms with Gasteiger partial charge in [-0.1, -0.05) is 137 Å². The first-order chi connectivity index (χ1) is 35.4. The second-order valence-corrected chi connectivity index (χ2v) is 22.2. The number of aliphatic imine (C=N–C) groups is 2. The molecule has 7 heterocycles. The van der Waals surface area contributed by atoms with Crippen molar-refractivity contribution in [3.8, 4) is 0 Å². The molecule has 0 atom stereocenters. The highest BCUT2D eigenvalue weighted by atomic mass is 15.4. The van der Waals surface area contributed by atoms with Crippen molar-refractivity contribution in [1.82, 2.24) is 49.3 Å². The van der Waals surface area contributed by atoms with E-state index in [2.05, 4.69) is 232 Å². The molecule has 0 amide bonds. The number of nitrogens with zero attached hydrogens (tertiary/aromatic N) is 12. The van der Waals surface area contributed by atoms with Crippen molar-refractivity contribution >= 4 is 11.4 Å². The summed E-state index contributed by atoms with van der Waals surface area (Å²) in [6.45, 7) is 43.0. The van der Waals surface area contributed by atoms with Gasteiger partial charge in [0.15, 0.2) is 0 Å². The van der Waals surface area contributed by atoms with Crippen LogP contribution in [0.4, 0.5) is 0 Å². The van der Waals surface area contributed by atoms with Crippen LogP contribution in [0.1, 0.15) is 240 Å². The van der Waals surface area contributed by atoms with Crippen LogP contribution in [0, 0.1) is 11.8 Å². The van der Waals surface area contributed by atoms with Gasteiger partial charge in [-0.25, -0.2) is 4.68 Å². The van der Waals surface area contributed by atoms with E-state index in [4.69, 9.17) is 0 Å². The predicted molar refractivity (Wildman–Crippen MR) is 319 cm³/mol. The van der Waals surface area contributed by atoms with Crippen molar-refractivity contribution in [3.63, 3.8) is 0 Å². The van der Waals surface area contributed by atoms with Crippen LogP contribution < -0.4 is 0 Å². The molecule has 5 aromatic heterocycles. The fourth-order valence-electron chi connectivity index (χ4n) is 7.27. The Labute approximate surface area is 455 Å². The number of pyridine rings is 1. The van der Waals surface area contributed by atoms with E-state index in [1.807, 2.05) is 82.3 Å². The Morgan fingerprint density at radius 1 is 0.480 bits per heavy atom. The van der Waals surface area contributed by atoms with Crippen molar-refractivity contribution in [1.29, 1.82) is 0 Å². The van der Waals surface area contributed by atoms with Crippen LogP contribution in [0.25, 0.3) is 0 Å². The second kappa shape index (κ2) is 34.5. The fourth-order valence-corrected chi connectivity index (χ4v) is 7.27. The maximum atomic E-state index is 4.37. The number of benzene rings is 1. The molecule has 412 valence electrons. The summed E-state index contributed by atoms with van der Waals surface area (Å²) >= 11 is 0. The fraction of sp³-hybridized carbons (Fsp3) is 0.556. The van der Waals surface area contributed by atoms with Gasteiger partial charge in [-0.3, -0.25) is 29.0 Å². The minimum Gasteiger partial charge on any atom is -0.272 e. The third-order valence-electron chi connectivity index (χ3n) is 12.1. The van der Waals surface area contributed by atoms with Crippen molar-refractivity contribution in [2.75, 3.05) is 0 Å². The number of aryl methyl sites for hydroxylation is 1. The molecule has 1 fully saturated rings. The summed E-state index contributed by atoms with van der Waals surface area (Å²) < 4.78 is 7.82. The molecule has 12 heteroatoms. The number of hydrogen-bond donors (Lipinski definition) is 0. The molecule has 0 spiro atoms. The van der Waals surface area contributed by atoms with E-state index in [0.717, 1.165) is 24.5 Å². The molecule has 0 bridgehead atoms. The summed E-state index contributed by atoms with van der Waals surface area (Å²) in [7, 11) is 1.97. The molecule has 0 N–H and O–H groups in total. The van der Waals surface area contributed by atoms with Crippen LogP contribution in [0.15, 0.2) is 137 Å². The molecule has 1 aliphatic carbocycles. The lowest BCUT2D eigenvalue weighted by Crippen LogP contribution is -2.08. The van der Waals surface area contributed by atoms with Crippen molar-refractivity contribution in [2.45, 2.75) is 212 Å².